The molecule has 0 spiro atoms. The topological polar surface area (TPSA) is 106 Å². The molecule has 1 aliphatic rings. The highest BCUT2D eigenvalue weighted by molar-refractivity contribution is 6.06. The molecule has 3 aromatic rings. The van der Waals surface area contributed by atoms with Gasteiger partial charge in [-0.25, -0.2) is 9.78 Å². The molecular weight excluding hydrogens is 422 g/mol. The number of nitrogens with zero attached hydrogens (tertiary/aromatic N) is 4. The number of amides is 2. The first-order valence-corrected chi connectivity index (χ1v) is 11.0. The minimum atomic E-state index is -0.562. The van der Waals surface area contributed by atoms with Crippen molar-refractivity contribution in [3.05, 3.63) is 62.4 Å². The summed E-state index contributed by atoms with van der Waals surface area (Å²) in [7, 11) is 2.94. The summed E-state index contributed by atoms with van der Waals surface area (Å²) in [5.41, 5.74) is 2.13. The van der Waals surface area contributed by atoms with E-state index < -0.39 is 17.2 Å². The van der Waals surface area contributed by atoms with E-state index in [2.05, 4.69) is 10.3 Å². The van der Waals surface area contributed by atoms with Gasteiger partial charge in [0.1, 0.15) is 5.39 Å². The fourth-order valence-corrected chi connectivity index (χ4v) is 4.25. The van der Waals surface area contributed by atoms with E-state index in [0.29, 0.717) is 17.7 Å². The Balaban J connectivity index is 1.71. The van der Waals surface area contributed by atoms with Gasteiger partial charge in [0.15, 0.2) is 5.65 Å². The van der Waals surface area contributed by atoms with Crippen LogP contribution in [0.3, 0.4) is 0 Å². The number of fused-ring (bicyclic) bond motifs is 1. The molecule has 33 heavy (non-hydrogen) atoms. The highest BCUT2D eigenvalue weighted by Gasteiger charge is 2.35. The lowest BCUT2D eigenvalue weighted by molar-refractivity contribution is -0.122. The highest BCUT2D eigenvalue weighted by Crippen LogP contribution is 2.29. The van der Waals surface area contributed by atoms with Crippen molar-refractivity contribution in [1.82, 2.24) is 14.1 Å². The van der Waals surface area contributed by atoms with Gasteiger partial charge in [-0.2, -0.15) is 0 Å². The molecule has 0 bridgehead atoms. The first-order valence-electron chi connectivity index (χ1n) is 11.0. The summed E-state index contributed by atoms with van der Waals surface area (Å²) in [5.74, 6) is -1.02. The van der Waals surface area contributed by atoms with Gasteiger partial charge in [0.25, 0.3) is 5.56 Å². The van der Waals surface area contributed by atoms with Gasteiger partial charge in [-0.1, -0.05) is 31.0 Å². The second kappa shape index (κ2) is 8.65. The maximum atomic E-state index is 13.3. The van der Waals surface area contributed by atoms with Crippen LogP contribution in [0.1, 0.15) is 30.9 Å². The summed E-state index contributed by atoms with van der Waals surface area (Å²) in [6.45, 7) is 4.22. The molecule has 1 fully saturated rings. The fraction of sp³-hybridized carbons (Fsp3) is 0.375. The van der Waals surface area contributed by atoms with Crippen molar-refractivity contribution in [1.29, 1.82) is 0 Å². The Hall–Kier alpha value is -3.75. The van der Waals surface area contributed by atoms with Crippen molar-refractivity contribution in [2.45, 2.75) is 33.1 Å². The average molecular weight is 450 g/mol. The van der Waals surface area contributed by atoms with Crippen molar-refractivity contribution in [2.24, 2.45) is 20.0 Å². The standard InChI is InChI=1S/C24H27N5O4/c1-5-6-15-12-25-21-19(23(32)28(4)24(33)27(21)3)20(15)26-22(31)16-11-18(30)29(13-16)17-9-7-14(2)8-10-17/h7-10,12,16H,5-6,11,13H2,1-4H3,(H,25,26,31). The molecule has 1 N–H and O–H groups in total. The number of carbonyl (C=O) groups is 2. The van der Waals surface area contributed by atoms with Crippen molar-refractivity contribution >= 4 is 34.2 Å². The predicted molar refractivity (Wildman–Crippen MR) is 126 cm³/mol. The molecule has 2 amide bonds. The molecular formula is C24H27N5O4. The van der Waals surface area contributed by atoms with Crippen molar-refractivity contribution in [3.8, 4) is 0 Å². The number of rotatable bonds is 5. The van der Waals surface area contributed by atoms with Crippen LogP contribution >= 0.6 is 0 Å². The summed E-state index contributed by atoms with van der Waals surface area (Å²) < 4.78 is 2.30. The molecule has 2 aromatic heterocycles. The molecule has 1 aromatic carbocycles. The van der Waals surface area contributed by atoms with E-state index in [1.807, 2.05) is 38.1 Å². The summed E-state index contributed by atoms with van der Waals surface area (Å²) in [6, 6.07) is 7.59. The molecule has 172 valence electrons. The molecule has 9 heteroatoms. The van der Waals surface area contributed by atoms with E-state index in [0.717, 1.165) is 22.2 Å². The molecule has 9 nitrogen and oxygen atoms in total. The number of anilines is 2. The van der Waals surface area contributed by atoms with Crippen LogP contribution in [0, 0.1) is 12.8 Å². The van der Waals surface area contributed by atoms with Gasteiger partial charge in [-0.05, 0) is 31.0 Å². The minimum Gasteiger partial charge on any atom is -0.325 e. The van der Waals surface area contributed by atoms with Crippen LogP contribution in [-0.2, 0) is 30.1 Å². The van der Waals surface area contributed by atoms with Crippen molar-refractivity contribution < 1.29 is 9.59 Å². The maximum absolute atomic E-state index is 13.3. The second-order valence-electron chi connectivity index (χ2n) is 8.54. The van der Waals surface area contributed by atoms with Crippen LogP contribution in [0.2, 0.25) is 0 Å². The third-order valence-electron chi connectivity index (χ3n) is 6.16. The zero-order chi connectivity index (χ0) is 23.9. The molecule has 1 unspecified atom stereocenters. The lowest BCUT2D eigenvalue weighted by Gasteiger charge is -2.18. The Morgan fingerprint density at radius 1 is 1.12 bits per heavy atom. The molecule has 3 heterocycles. The van der Waals surface area contributed by atoms with Gasteiger partial charge in [0.05, 0.1) is 11.6 Å². The SMILES string of the molecule is CCCc1cnc2c(c1NC(=O)C1CC(=O)N(c3ccc(C)cc3)C1)c(=O)n(C)c(=O)n2C. The number of pyridine rings is 1. The summed E-state index contributed by atoms with van der Waals surface area (Å²) >= 11 is 0. The quantitative estimate of drug-likeness (QED) is 0.640. The smallest absolute Gasteiger partial charge is 0.325 e. The van der Waals surface area contributed by atoms with E-state index in [9.17, 15) is 19.2 Å². The van der Waals surface area contributed by atoms with Crippen molar-refractivity contribution in [2.75, 3.05) is 16.8 Å². The number of aromatic nitrogens is 3. The number of carbonyl (C=O) groups excluding carboxylic acids is 2. The van der Waals surface area contributed by atoms with Crippen LogP contribution < -0.4 is 21.5 Å². The van der Waals surface area contributed by atoms with E-state index >= 15 is 0 Å². The van der Waals surface area contributed by atoms with E-state index in [1.54, 1.807) is 11.1 Å². The van der Waals surface area contributed by atoms with Crippen LogP contribution in [-0.4, -0.2) is 32.5 Å². The number of hydrogen-bond acceptors (Lipinski definition) is 5. The zero-order valence-corrected chi connectivity index (χ0v) is 19.2. The van der Waals surface area contributed by atoms with Gasteiger partial charge >= 0.3 is 5.69 Å². The molecule has 0 aliphatic carbocycles. The van der Waals surface area contributed by atoms with Crippen LogP contribution in [0.25, 0.3) is 11.0 Å². The average Bonchev–Trinajstić information content (AvgIpc) is 3.19. The number of nitrogens with one attached hydrogen (secondary N) is 1. The Morgan fingerprint density at radius 2 is 1.82 bits per heavy atom. The van der Waals surface area contributed by atoms with Gasteiger partial charge in [-0.15, -0.1) is 0 Å². The molecule has 0 saturated carbocycles. The number of hydrogen-bond donors (Lipinski definition) is 1. The van der Waals surface area contributed by atoms with E-state index in [-0.39, 0.29) is 35.8 Å². The fourth-order valence-electron chi connectivity index (χ4n) is 4.25. The van der Waals surface area contributed by atoms with E-state index in [1.165, 1.54) is 18.7 Å². The molecule has 0 radical (unpaired) electrons. The monoisotopic (exact) mass is 449 g/mol. The Morgan fingerprint density at radius 3 is 2.48 bits per heavy atom. The Bertz CT molecular complexity index is 1370. The zero-order valence-electron chi connectivity index (χ0n) is 19.2. The molecule has 1 atom stereocenters. The summed E-state index contributed by atoms with van der Waals surface area (Å²) in [5, 5.41) is 3.10. The van der Waals surface area contributed by atoms with Crippen LogP contribution in [0.4, 0.5) is 11.4 Å². The first-order chi connectivity index (χ1) is 15.7. The Kier molecular flexibility index (Phi) is 5.88. The lowest BCUT2D eigenvalue weighted by Crippen LogP contribution is -2.38. The van der Waals surface area contributed by atoms with Crippen LogP contribution in [0.15, 0.2) is 40.1 Å². The second-order valence-corrected chi connectivity index (χ2v) is 8.54. The first kappa shape index (κ1) is 22.4. The van der Waals surface area contributed by atoms with Crippen LogP contribution in [0.5, 0.6) is 0 Å². The maximum Gasteiger partial charge on any atom is 0.332 e. The molecule has 1 saturated heterocycles. The summed E-state index contributed by atoms with van der Waals surface area (Å²) in [4.78, 5) is 57.2. The highest BCUT2D eigenvalue weighted by atomic mass is 16.2. The number of aryl methyl sites for hydroxylation is 3. The van der Waals surface area contributed by atoms with Gasteiger partial charge < -0.3 is 10.2 Å². The largest absolute Gasteiger partial charge is 0.332 e. The molecule has 4 rings (SSSR count). The van der Waals surface area contributed by atoms with Gasteiger partial charge in [0, 0.05) is 38.9 Å². The van der Waals surface area contributed by atoms with Gasteiger partial charge in [0.2, 0.25) is 11.8 Å². The normalized spacial score (nSPS) is 15.9. The minimum absolute atomic E-state index is 0.0856. The predicted octanol–water partition coefficient (Wildman–Crippen LogP) is 1.88. The third-order valence-corrected chi connectivity index (χ3v) is 6.16. The van der Waals surface area contributed by atoms with Crippen molar-refractivity contribution in [3.63, 3.8) is 0 Å². The lowest BCUT2D eigenvalue weighted by atomic mass is 10.0. The Labute approximate surface area is 190 Å². The van der Waals surface area contributed by atoms with E-state index in [4.69, 9.17) is 0 Å². The number of benzene rings is 1. The molecule has 1 aliphatic heterocycles. The third kappa shape index (κ3) is 3.94. The summed E-state index contributed by atoms with van der Waals surface area (Å²) in [6.07, 6.45) is 3.07. The van der Waals surface area contributed by atoms with Gasteiger partial charge in [-0.3, -0.25) is 23.5 Å².